The number of benzene rings is 2. The van der Waals surface area contributed by atoms with E-state index >= 15 is 0 Å². The lowest BCUT2D eigenvalue weighted by Gasteiger charge is -2.14. The molecule has 31 heavy (non-hydrogen) atoms. The number of nitrogens with zero attached hydrogens (tertiary/aromatic N) is 1. The van der Waals surface area contributed by atoms with Crippen molar-refractivity contribution in [1.82, 2.24) is 4.90 Å². The molecular formula is C22H20BrClN2O3S2. The van der Waals surface area contributed by atoms with Gasteiger partial charge < -0.3 is 10.4 Å². The van der Waals surface area contributed by atoms with Gasteiger partial charge in [0.15, 0.2) is 0 Å². The Morgan fingerprint density at radius 1 is 1.19 bits per heavy atom. The zero-order valence-corrected chi connectivity index (χ0v) is 20.4. The molecule has 1 heterocycles. The first kappa shape index (κ1) is 23.8. The Labute approximate surface area is 204 Å². The van der Waals surface area contributed by atoms with E-state index in [9.17, 15) is 14.7 Å². The molecule has 0 aliphatic carbocycles. The van der Waals surface area contributed by atoms with Crippen LogP contribution in [0.15, 0.2) is 51.8 Å². The fraction of sp³-hybridized carbons (Fsp3) is 0.227. The lowest BCUT2D eigenvalue weighted by Crippen LogP contribution is -2.29. The van der Waals surface area contributed by atoms with E-state index in [1.807, 2.05) is 0 Å². The molecule has 0 unspecified atom stereocenters. The number of phenolic OH excluding ortho intramolecular Hbond substituents is 1. The summed E-state index contributed by atoms with van der Waals surface area (Å²) >= 11 is 15.8. The monoisotopic (exact) mass is 538 g/mol. The van der Waals surface area contributed by atoms with Crippen LogP contribution in [0.4, 0.5) is 5.69 Å². The highest BCUT2D eigenvalue weighted by Gasteiger charge is 2.31. The molecule has 2 aromatic rings. The summed E-state index contributed by atoms with van der Waals surface area (Å²) in [5, 5.41) is 13.5. The number of hydrogen-bond acceptors (Lipinski definition) is 5. The smallest absolute Gasteiger partial charge is 0.266 e. The van der Waals surface area contributed by atoms with Crippen LogP contribution in [-0.2, 0) is 9.59 Å². The number of carbonyl (C=O) groups is 2. The van der Waals surface area contributed by atoms with Crippen LogP contribution in [0.5, 0.6) is 5.75 Å². The average Bonchev–Trinajstić information content (AvgIpc) is 2.99. The third kappa shape index (κ3) is 6.80. The number of hydrogen-bond donors (Lipinski definition) is 2. The van der Waals surface area contributed by atoms with Gasteiger partial charge in [-0.1, -0.05) is 57.9 Å². The third-order valence-corrected chi connectivity index (χ3v) is 6.69. The molecule has 1 aliphatic rings. The quantitative estimate of drug-likeness (QED) is 0.237. The van der Waals surface area contributed by atoms with Crippen molar-refractivity contribution < 1.29 is 14.7 Å². The highest BCUT2D eigenvalue weighted by atomic mass is 79.9. The molecule has 2 N–H and O–H groups in total. The Bertz CT molecular complexity index is 1030. The van der Waals surface area contributed by atoms with E-state index in [1.54, 1.807) is 53.4 Å². The van der Waals surface area contributed by atoms with Crippen LogP contribution in [0.2, 0.25) is 5.02 Å². The molecule has 3 rings (SSSR count). The number of carbonyl (C=O) groups excluding carboxylic acids is 2. The van der Waals surface area contributed by atoms with Crippen LogP contribution in [0, 0.1) is 0 Å². The van der Waals surface area contributed by atoms with Gasteiger partial charge in [0.1, 0.15) is 10.1 Å². The summed E-state index contributed by atoms with van der Waals surface area (Å²) in [7, 11) is 0. The van der Waals surface area contributed by atoms with Crippen LogP contribution in [0.1, 0.15) is 31.2 Å². The minimum Gasteiger partial charge on any atom is -0.507 e. The van der Waals surface area contributed by atoms with E-state index in [-0.39, 0.29) is 17.6 Å². The zero-order chi connectivity index (χ0) is 22.4. The van der Waals surface area contributed by atoms with Crippen LogP contribution < -0.4 is 5.32 Å². The summed E-state index contributed by atoms with van der Waals surface area (Å²) in [6, 6.07) is 12.0. The normalized spacial score (nSPS) is 15.0. The topological polar surface area (TPSA) is 69.6 Å². The molecule has 0 spiro atoms. The molecule has 5 nitrogen and oxygen atoms in total. The maximum absolute atomic E-state index is 12.7. The lowest BCUT2D eigenvalue weighted by molar-refractivity contribution is -0.122. The van der Waals surface area contributed by atoms with Crippen LogP contribution in [-0.4, -0.2) is 32.7 Å². The van der Waals surface area contributed by atoms with Gasteiger partial charge >= 0.3 is 0 Å². The van der Waals surface area contributed by atoms with Crippen molar-refractivity contribution in [2.45, 2.75) is 25.7 Å². The van der Waals surface area contributed by atoms with Crippen molar-refractivity contribution in [3.63, 3.8) is 0 Å². The Morgan fingerprint density at radius 2 is 1.94 bits per heavy atom. The number of halogens is 2. The summed E-state index contributed by atoms with van der Waals surface area (Å²) < 4.78 is 1.32. The van der Waals surface area contributed by atoms with Gasteiger partial charge in [-0.2, -0.15) is 0 Å². The molecule has 0 aromatic heterocycles. The van der Waals surface area contributed by atoms with Crippen molar-refractivity contribution in [3.05, 3.63) is 62.4 Å². The summed E-state index contributed by atoms with van der Waals surface area (Å²) in [4.78, 5) is 26.8. The van der Waals surface area contributed by atoms with E-state index < -0.39 is 0 Å². The third-order valence-electron chi connectivity index (χ3n) is 4.56. The number of aromatic hydroxyl groups is 1. The lowest BCUT2D eigenvalue weighted by atomic mass is 10.1. The number of thiocarbonyl (C=S) groups is 1. The van der Waals surface area contributed by atoms with Gasteiger partial charge in [0.2, 0.25) is 5.91 Å². The standard InChI is InChI=1S/C22H20BrClN2O3S2/c23-15-5-10-18(27)14(12-15)13-19-21(29)26(22(30)31-19)11-3-1-2-4-20(28)25-17-8-6-16(24)7-9-17/h5-10,12-13,27H,1-4,11H2,(H,25,28)/b19-13-. The van der Waals surface area contributed by atoms with E-state index in [0.29, 0.717) is 32.8 Å². The van der Waals surface area contributed by atoms with Gasteiger partial charge in [0, 0.05) is 33.7 Å². The highest BCUT2D eigenvalue weighted by Crippen LogP contribution is 2.35. The van der Waals surface area contributed by atoms with Gasteiger partial charge in [-0.3, -0.25) is 14.5 Å². The molecule has 1 aliphatic heterocycles. The molecule has 0 saturated carbocycles. The van der Waals surface area contributed by atoms with E-state index in [4.69, 9.17) is 23.8 Å². The first-order valence-corrected chi connectivity index (χ1v) is 12.0. The average molecular weight is 540 g/mol. The number of phenols is 1. The molecule has 162 valence electrons. The number of rotatable bonds is 8. The predicted octanol–water partition coefficient (Wildman–Crippen LogP) is 6.21. The molecule has 1 fully saturated rings. The van der Waals surface area contributed by atoms with E-state index in [1.165, 1.54) is 11.8 Å². The minimum atomic E-state index is -0.158. The van der Waals surface area contributed by atoms with Crippen molar-refractivity contribution in [2.75, 3.05) is 11.9 Å². The van der Waals surface area contributed by atoms with Crippen LogP contribution >= 0.6 is 51.5 Å². The second kappa shape index (κ2) is 11.1. The number of amides is 2. The van der Waals surface area contributed by atoms with Crippen LogP contribution in [0.25, 0.3) is 6.08 Å². The second-order valence-corrected chi connectivity index (χ2v) is 9.93. The molecular weight excluding hydrogens is 520 g/mol. The van der Waals surface area contributed by atoms with E-state index in [2.05, 4.69) is 21.2 Å². The first-order valence-electron chi connectivity index (χ1n) is 9.63. The fourth-order valence-corrected chi connectivity index (χ4v) is 4.77. The molecule has 0 atom stereocenters. The molecule has 0 radical (unpaired) electrons. The largest absolute Gasteiger partial charge is 0.507 e. The van der Waals surface area contributed by atoms with Gasteiger partial charge in [0.25, 0.3) is 5.91 Å². The number of unbranched alkanes of at least 4 members (excludes halogenated alkanes) is 2. The Morgan fingerprint density at radius 3 is 2.68 bits per heavy atom. The van der Waals surface area contributed by atoms with Gasteiger partial charge in [-0.15, -0.1) is 0 Å². The summed E-state index contributed by atoms with van der Waals surface area (Å²) in [6.45, 7) is 0.505. The zero-order valence-electron chi connectivity index (χ0n) is 16.4. The SMILES string of the molecule is O=C(CCCCCN1C(=O)/C(=C/c2cc(Br)ccc2O)SC1=S)Nc1ccc(Cl)cc1. The van der Waals surface area contributed by atoms with Gasteiger partial charge in [-0.05, 0) is 61.4 Å². The van der Waals surface area contributed by atoms with Crippen molar-refractivity contribution in [1.29, 1.82) is 0 Å². The summed E-state index contributed by atoms with van der Waals surface area (Å²) in [5.74, 6) is -0.107. The van der Waals surface area contributed by atoms with E-state index in [0.717, 1.165) is 29.4 Å². The Kier molecular flexibility index (Phi) is 8.54. The van der Waals surface area contributed by atoms with Crippen molar-refractivity contribution >= 4 is 79.4 Å². The molecule has 9 heteroatoms. The molecule has 0 bridgehead atoms. The van der Waals surface area contributed by atoms with Crippen molar-refractivity contribution in [2.24, 2.45) is 0 Å². The Balaban J connectivity index is 1.44. The Hall–Kier alpha value is -1.87. The second-order valence-electron chi connectivity index (χ2n) is 6.90. The fourth-order valence-electron chi connectivity index (χ4n) is 2.96. The summed E-state index contributed by atoms with van der Waals surface area (Å²) in [5.41, 5.74) is 1.27. The number of anilines is 1. The number of nitrogens with one attached hydrogen (secondary N) is 1. The van der Waals surface area contributed by atoms with Gasteiger partial charge in [-0.25, -0.2) is 0 Å². The minimum absolute atomic E-state index is 0.0512. The first-order chi connectivity index (χ1) is 14.8. The van der Waals surface area contributed by atoms with Crippen molar-refractivity contribution in [3.8, 4) is 5.75 Å². The van der Waals surface area contributed by atoms with Gasteiger partial charge in [0.05, 0.1) is 4.91 Å². The summed E-state index contributed by atoms with van der Waals surface area (Å²) in [6.07, 6.45) is 4.33. The maximum atomic E-state index is 12.7. The maximum Gasteiger partial charge on any atom is 0.266 e. The predicted molar refractivity (Wildman–Crippen MR) is 134 cm³/mol. The molecule has 2 amide bonds. The number of thioether (sulfide) groups is 1. The van der Waals surface area contributed by atoms with Crippen LogP contribution in [0.3, 0.4) is 0 Å². The highest BCUT2D eigenvalue weighted by molar-refractivity contribution is 9.10. The molecule has 1 saturated heterocycles. The molecule has 2 aromatic carbocycles.